The zero-order valence-electron chi connectivity index (χ0n) is 11.4. The van der Waals surface area contributed by atoms with E-state index < -0.39 is 0 Å². The van der Waals surface area contributed by atoms with Gasteiger partial charge in [0.1, 0.15) is 0 Å². The first kappa shape index (κ1) is 15.4. The first-order valence-corrected chi connectivity index (χ1v) is 8.64. The van der Waals surface area contributed by atoms with Crippen molar-refractivity contribution in [2.45, 2.75) is 0 Å². The molecule has 1 aliphatic heterocycles. The molecular weight excluding hydrogens is 290 g/mol. The third-order valence-corrected chi connectivity index (χ3v) is 4.90. The highest BCUT2D eigenvalue weighted by Gasteiger charge is 2.11. The molecule has 0 unspecified atom stereocenters. The van der Waals surface area contributed by atoms with Crippen LogP contribution in [0.5, 0.6) is 0 Å². The SMILES string of the molecule is NCC#Cc1ccc(C(=O)NCCN2CCSCC2)s1. The lowest BCUT2D eigenvalue weighted by Gasteiger charge is -2.25. The van der Waals surface area contributed by atoms with Crippen LogP contribution in [0, 0.1) is 11.8 Å². The monoisotopic (exact) mass is 309 g/mol. The van der Waals surface area contributed by atoms with Crippen LogP contribution in [0.4, 0.5) is 0 Å². The number of nitrogens with one attached hydrogen (secondary N) is 1. The van der Waals surface area contributed by atoms with Crippen LogP contribution in [0.2, 0.25) is 0 Å². The van der Waals surface area contributed by atoms with Crippen LogP contribution < -0.4 is 11.1 Å². The second-order valence-corrected chi connectivity index (χ2v) is 6.69. The van der Waals surface area contributed by atoms with E-state index in [2.05, 4.69) is 22.1 Å². The van der Waals surface area contributed by atoms with E-state index in [-0.39, 0.29) is 5.91 Å². The van der Waals surface area contributed by atoms with Crippen LogP contribution in [-0.2, 0) is 0 Å². The molecule has 1 aromatic heterocycles. The Kier molecular flexibility index (Phi) is 6.40. The summed E-state index contributed by atoms with van der Waals surface area (Å²) in [5.74, 6) is 8.11. The molecule has 4 nitrogen and oxygen atoms in total. The van der Waals surface area contributed by atoms with Gasteiger partial charge >= 0.3 is 0 Å². The van der Waals surface area contributed by atoms with Crippen LogP contribution in [0.1, 0.15) is 14.5 Å². The van der Waals surface area contributed by atoms with Crippen molar-refractivity contribution in [3.8, 4) is 11.8 Å². The van der Waals surface area contributed by atoms with Gasteiger partial charge in [0.05, 0.1) is 16.3 Å². The van der Waals surface area contributed by atoms with Crippen molar-refractivity contribution in [3.05, 3.63) is 21.9 Å². The third kappa shape index (κ3) is 4.84. The average molecular weight is 309 g/mol. The molecule has 3 N–H and O–H groups in total. The van der Waals surface area contributed by atoms with Gasteiger partial charge < -0.3 is 11.1 Å². The van der Waals surface area contributed by atoms with E-state index in [1.54, 1.807) is 0 Å². The number of thioether (sulfide) groups is 1. The first-order chi connectivity index (χ1) is 9.79. The number of carbonyl (C=O) groups is 1. The second-order valence-electron chi connectivity index (χ2n) is 4.38. The maximum absolute atomic E-state index is 12.0. The normalized spacial score (nSPS) is 15.4. The number of nitrogens with two attached hydrogens (primary N) is 1. The number of carbonyl (C=O) groups excluding carboxylic acids is 1. The molecule has 2 rings (SSSR count). The molecular formula is C14H19N3OS2. The van der Waals surface area contributed by atoms with Crippen molar-refractivity contribution in [1.29, 1.82) is 0 Å². The summed E-state index contributed by atoms with van der Waals surface area (Å²) in [4.78, 5) is 16.0. The molecule has 0 spiro atoms. The van der Waals surface area contributed by atoms with E-state index in [0.29, 0.717) is 18.0 Å². The third-order valence-electron chi connectivity index (χ3n) is 2.96. The van der Waals surface area contributed by atoms with Gasteiger partial charge in [-0.15, -0.1) is 11.3 Å². The quantitative estimate of drug-likeness (QED) is 0.809. The van der Waals surface area contributed by atoms with Gasteiger partial charge in [-0.05, 0) is 12.1 Å². The van der Waals surface area contributed by atoms with E-state index >= 15 is 0 Å². The molecule has 0 saturated carbocycles. The summed E-state index contributed by atoms with van der Waals surface area (Å²) in [6.45, 7) is 4.22. The molecule has 6 heteroatoms. The Labute approximate surface area is 128 Å². The predicted octanol–water partition coefficient (Wildman–Crippen LogP) is 0.837. The Bertz CT molecular complexity index is 498. The van der Waals surface area contributed by atoms with Gasteiger partial charge in [-0.1, -0.05) is 11.8 Å². The molecule has 1 aromatic rings. The van der Waals surface area contributed by atoms with Crippen molar-refractivity contribution in [3.63, 3.8) is 0 Å². The van der Waals surface area contributed by atoms with E-state index in [4.69, 9.17) is 5.73 Å². The Balaban J connectivity index is 1.75. The highest BCUT2D eigenvalue weighted by atomic mass is 32.2. The molecule has 1 fully saturated rings. The highest BCUT2D eigenvalue weighted by Crippen LogP contribution is 2.15. The fourth-order valence-corrected chi connectivity index (χ4v) is 3.68. The average Bonchev–Trinajstić information content (AvgIpc) is 2.95. The van der Waals surface area contributed by atoms with Gasteiger partial charge in [-0.25, -0.2) is 0 Å². The standard InChI is InChI=1S/C14H19N3OS2/c15-5-1-2-12-3-4-13(20-12)14(18)16-6-7-17-8-10-19-11-9-17/h3-4H,5-11,15H2,(H,16,18). The molecule has 20 heavy (non-hydrogen) atoms. The maximum atomic E-state index is 12.0. The summed E-state index contributed by atoms with van der Waals surface area (Å²) in [5, 5.41) is 2.97. The molecule has 108 valence electrons. The molecule has 0 radical (unpaired) electrons. The number of amides is 1. The van der Waals surface area contributed by atoms with Crippen LogP contribution in [0.15, 0.2) is 12.1 Å². The van der Waals surface area contributed by atoms with Crippen LogP contribution in [0.3, 0.4) is 0 Å². The lowest BCUT2D eigenvalue weighted by Crippen LogP contribution is -2.39. The van der Waals surface area contributed by atoms with Crippen molar-refractivity contribution in [1.82, 2.24) is 10.2 Å². The van der Waals surface area contributed by atoms with E-state index in [1.165, 1.54) is 22.8 Å². The summed E-state index contributed by atoms with van der Waals surface area (Å²) in [6.07, 6.45) is 0. The summed E-state index contributed by atoms with van der Waals surface area (Å²) in [7, 11) is 0. The molecule has 0 aliphatic carbocycles. The topological polar surface area (TPSA) is 58.4 Å². The minimum Gasteiger partial charge on any atom is -0.350 e. The Morgan fingerprint density at radius 3 is 2.95 bits per heavy atom. The van der Waals surface area contributed by atoms with Gasteiger partial charge in [-0.3, -0.25) is 9.69 Å². The van der Waals surface area contributed by atoms with Crippen molar-refractivity contribution in [2.24, 2.45) is 5.73 Å². The molecule has 0 bridgehead atoms. The van der Waals surface area contributed by atoms with Crippen LogP contribution in [0.25, 0.3) is 0 Å². The molecule has 1 amide bonds. The lowest BCUT2D eigenvalue weighted by molar-refractivity contribution is 0.0953. The van der Waals surface area contributed by atoms with E-state index in [0.717, 1.165) is 24.5 Å². The number of hydrogen-bond donors (Lipinski definition) is 2. The molecule has 0 atom stereocenters. The number of rotatable bonds is 4. The number of thiophene rings is 1. The first-order valence-electron chi connectivity index (χ1n) is 6.66. The lowest BCUT2D eigenvalue weighted by atomic mass is 10.4. The smallest absolute Gasteiger partial charge is 0.261 e. The van der Waals surface area contributed by atoms with Crippen LogP contribution >= 0.6 is 23.1 Å². The van der Waals surface area contributed by atoms with Crippen molar-refractivity contribution in [2.75, 3.05) is 44.2 Å². The minimum absolute atomic E-state index is 0.0119. The zero-order chi connectivity index (χ0) is 14.2. The van der Waals surface area contributed by atoms with E-state index in [1.807, 2.05) is 23.9 Å². The largest absolute Gasteiger partial charge is 0.350 e. The fraction of sp³-hybridized carbons (Fsp3) is 0.500. The van der Waals surface area contributed by atoms with Gasteiger partial charge in [0.25, 0.3) is 5.91 Å². The molecule has 1 saturated heterocycles. The van der Waals surface area contributed by atoms with Crippen molar-refractivity contribution < 1.29 is 4.79 Å². The number of hydrogen-bond acceptors (Lipinski definition) is 5. The van der Waals surface area contributed by atoms with Gasteiger partial charge in [0.15, 0.2) is 0 Å². The summed E-state index contributed by atoms with van der Waals surface area (Å²) >= 11 is 3.40. The summed E-state index contributed by atoms with van der Waals surface area (Å²) in [5.41, 5.74) is 5.33. The van der Waals surface area contributed by atoms with Gasteiger partial charge in [0.2, 0.25) is 0 Å². The highest BCUT2D eigenvalue weighted by molar-refractivity contribution is 7.99. The Morgan fingerprint density at radius 2 is 2.20 bits per heavy atom. The minimum atomic E-state index is -0.0119. The van der Waals surface area contributed by atoms with Gasteiger partial charge in [0, 0.05) is 37.7 Å². The Morgan fingerprint density at radius 1 is 1.40 bits per heavy atom. The molecule has 0 aromatic carbocycles. The molecule has 2 heterocycles. The summed E-state index contributed by atoms with van der Waals surface area (Å²) < 4.78 is 0. The van der Waals surface area contributed by atoms with Gasteiger partial charge in [-0.2, -0.15) is 11.8 Å². The van der Waals surface area contributed by atoms with E-state index in [9.17, 15) is 4.79 Å². The van der Waals surface area contributed by atoms with Crippen LogP contribution in [-0.4, -0.2) is 55.0 Å². The maximum Gasteiger partial charge on any atom is 0.261 e. The zero-order valence-corrected chi connectivity index (χ0v) is 13.0. The van der Waals surface area contributed by atoms with Crippen molar-refractivity contribution >= 4 is 29.0 Å². The second kappa shape index (κ2) is 8.32. The summed E-state index contributed by atoms with van der Waals surface area (Å²) in [6, 6.07) is 3.68. The predicted molar refractivity (Wildman–Crippen MR) is 86.3 cm³/mol. The molecule has 1 aliphatic rings. The number of nitrogens with zero attached hydrogens (tertiary/aromatic N) is 1. The Hall–Kier alpha value is -1.000. The fourth-order valence-electron chi connectivity index (χ4n) is 1.90.